The third-order valence-electron chi connectivity index (χ3n) is 3.96. The van der Waals surface area contributed by atoms with Gasteiger partial charge in [-0.3, -0.25) is 19.5 Å². The molecule has 1 aliphatic heterocycles. The van der Waals surface area contributed by atoms with Crippen LogP contribution in [-0.4, -0.2) is 21.8 Å². The van der Waals surface area contributed by atoms with Gasteiger partial charge in [-0.2, -0.15) is 0 Å². The SMILES string of the molecule is CCC(=O)C1=C(O)C(=O)N(c2ccc(Br)cc2)C1c1ccncc1. The van der Waals surface area contributed by atoms with Crippen LogP contribution in [0.25, 0.3) is 0 Å². The van der Waals surface area contributed by atoms with E-state index < -0.39 is 17.7 Å². The number of aromatic nitrogens is 1. The van der Waals surface area contributed by atoms with Crippen molar-refractivity contribution in [2.75, 3.05) is 4.90 Å². The minimum Gasteiger partial charge on any atom is -0.503 e. The highest BCUT2D eigenvalue weighted by Crippen LogP contribution is 2.41. The zero-order valence-electron chi connectivity index (χ0n) is 12.9. The van der Waals surface area contributed by atoms with Gasteiger partial charge < -0.3 is 5.11 Å². The van der Waals surface area contributed by atoms with E-state index in [-0.39, 0.29) is 17.8 Å². The van der Waals surface area contributed by atoms with E-state index in [9.17, 15) is 14.7 Å². The lowest BCUT2D eigenvalue weighted by Gasteiger charge is -2.26. The molecule has 0 fully saturated rings. The predicted molar refractivity (Wildman–Crippen MR) is 93.6 cm³/mol. The number of carbonyl (C=O) groups excluding carboxylic acids is 2. The number of Topliss-reactive ketones (excluding diaryl/α,β-unsaturated/α-hetero) is 1. The summed E-state index contributed by atoms with van der Waals surface area (Å²) in [7, 11) is 0. The second-order valence-electron chi connectivity index (χ2n) is 5.37. The number of aliphatic hydroxyl groups excluding tert-OH is 1. The Bertz CT molecular complexity index is 816. The lowest BCUT2D eigenvalue weighted by Crippen LogP contribution is -2.30. The molecular formula is C18H15BrN2O3. The molecule has 1 unspecified atom stereocenters. The normalized spacial score (nSPS) is 17.5. The topological polar surface area (TPSA) is 70.5 Å². The lowest BCUT2D eigenvalue weighted by atomic mass is 9.95. The van der Waals surface area contributed by atoms with Crippen molar-refractivity contribution in [3.05, 3.63) is 70.2 Å². The third kappa shape index (κ3) is 2.73. The van der Waals surface area contributed by atoms with E-state index in [1.165, 1.54) is 4.90 Å². The summed E-state index contributed by atoms with van der Waals surface area (Å²) in [6, 6.07) is 9.97. The van der Waals surface area contributed by atoms with Crippen molar-refractivity contribution in [1.29, 1.82) is 0 Å². The first-order valence-corrected chi connectivity index (χ1v) is 8.29. The second kappa shape index (κ2) is 6.57. The van der Waals surface area contributed by atoms with Crippen LogP contribution in [0.2, 0.25) is 0 Å². The van der Waals surface area contributed by atoms with E-state index in [1.807, 2.05) is 12.1 Å². The molecular weight excluding hydrogens is 372 g/mol. The molecule has 2 heterocycles. The van der Waals surface area contributed by atoms with Gasteiger partial charge in [-0.1, -0.05) is 22.9 Å². The summed E-state index contributed by atoms with van der Waals surface area (Å²) in [5.41, 5.74) is 1.47. The maximum Gasteiger partial charge on any atom is 0.294 e. The van der Waals surface area contributed by atoms with Crippen molar-refractivity contribution in [2.45, 2.75) is 19.4 Å². The molecule has 24 heavy (non-hydrogen) atoms. The lowest BCUT2D eigenvalue weighted by molar-refractivity contribution is -0.118. The summed E-state index contributed by atoms with van der Waals surface area (Å²) in [6.45, 7) is 1.71. The van der Waals surface area contributed by atoms with E-state index in [4.69, 9.17) is 0 Å². The Morgan fingerprint density at radius 1 is 1.21 bits per heavy atom. The van der Waals surface area contributed by atoms with Crippen LogP contribution in [0.4, 0.5) is 5.69 Å². The summed E-state index contributed by atoms with van der Waals surface area (Å²) in [5.74, 6) is -1.30. The number of nitrogens with zero attached hydrogens (tertiary/aromatic N) is 2. The van der Waals surface area contributed by atoms with Crippen molar-refractivity contribution in [1.82, 2.24) is 4.98 Å². The first-order chi connectivity index (χ1) is 11.5. The third-order valence-corrected chi connectivity index (χ3v) is 4.48. The number of anilines is 1. The van der Waals surface area contributed by atoms with Crippen LogP contribution in [0.15, 0.2) is 64.6 Å². The molecule has 0 saturated heterocycles. The fourth-order valence-corrected chi connectivity index (χ4v) is 3.07. The van der Waals surface area contributed by atoms with Gasteiger partial charge in [0.05, 0.1) is 11.6 Å². The number of amides is 1. The predicted octanol–water partition coefficient (Wildman–Crippen LogP) is 3.72. The number of aliphatic hydroxyl groups is 1. The zero-order valence-corrected chi connectivity index (χ0v) is 14.5. The van der Waals surface area contributed by atoms with Crippen LogP contribution in [-0.2, 0) is 9.59 Å². The molecule has 1 N–H and O–H groups in total. The molecule has 0 spiro atoms. The van der Waals surface area contributed by atoms with E-state index in [0.717, 1.165) is 10.0 Å². The number of ketones is 1. The van der Waals surface area contributed by atoms with Crippen LogP contribution in [0.3, 0.4) is 0 Å². The minimum absolute atomic E-state index is 0.136. The Balaban J connectivity index is 2.16. The number of pyridine rings is 1. The van der Waals surface area contributed by atoms with Gasteiger partial charge in [0.2, 0.25) is 0 Å². The van der Waals surface area contributed by atoms with Gasteiger partial charge in [-0.15, -0.1) is 0 Å². The Kier molecular flexibility index (Phi) is 4.49. The van der Waals surface area contributed by atoms with Gasteiger partial charge in [0.1, 0.15) is 0 Å². The summed E-state index contributed by atoms with van der Waals surface area (Å²) < 4.78 is 0.875. The molecule has 122 valence electrons. The van der Waals surface area contributed by atoms with E-state index in [1.54, 1.807) is 43.6 Å². The fraction of sp³-hybridized carbons (Fsp3) is 0.167. The monoisotopic (exact) mass is 386 g/mol. The molecule has 0 radical (unpaired) electrons. The highest BCUT2D eigenvalue weighted by atomic mass is 79.9. The summed E-state index contributed by atoms with van der Waals surface area (Å²) >= 11 is 3.36. The molecule has 6 heteroatoms. The second-order valence-corrected chi connectivity index (χ2v) is 6.29. The smallest absolute Gasteiger partial charge is 0.294 e. The van der Waals surface area contributed by atoms with Gasteiger partial charge in [-0.25, -0.2) is 0 Å². The van der Waals surface area contributed by atoms with Gasteiger partial charge in [0.25, 0.3) is 5.91 Å². The molecule has 0 aliphatic carbocycles. The van der Waals surface area contributed by atoms with Crippen LogP contribution in [0.1, 0.15) is 24.9 Å². The van der Waals surface area contributed by atoms with Crippen molar-refractivity contribution in [3.63, 3.8) is 0 Å². The molecule has 1 aliphatic rings. The number of hydrogen-bond acceptors (Lipinski definition) is 4. The van der Waals surface area contributed by atoms with E-state index in [2.05, 4.69) is 20.9 Å². The first-order valence-electron chi connectivity index (χ1n) is 7.50. The van der Waals surface area contributed by atoms with Crippen LogP contribution in [0, 0.1) is 0 Å². The Morgan fingerprint density at radius 2 is 1.83 bits per heavy atom. The number of rotatable bonds is 4. The van der Waals surface area contributed by atoms with Crippen LogP contribution >= 0.6 is 15.9 Å². The molecule has 0 saturated carbocycles. The number of hydrogen-bond donors (Lipinski definition) is 1. The molecule has 1 aromatic carbocycles. The number of carbonyl (C=O) groups is 2. The van der Waals surface area contributed by atoms with E-state index >= 15 is 0 Å². The maximum atomic E-state index is 12.6. The molecule has 3 rings (SSSR count). The largest absolute Gasteiger partial charge is 0.503 e. The van der Waals surface area contributed by atoms with Crippen LogP contribution in [0.5, 0.6) is 0 Å². The van der Waals surface area contributed by atoms with Gasteiger partial charge >= 0.3 is 0 Å². The minimum atomic E-state index is -0.658. The molecule has 0 bridgehead atoms. The fourth-order valence-electron chi connectivity index (χ4n) is 2.81. The molecule has 5 nitrogen and oxygen atoms in total. The summed E-state index contributed by atoms with van der Waals surface area (Å²) in [4.78, 5) is 30.4. The molecule has 2 aromatic rings. The van der Waals surface area contributed by atoms with E-state index in [0.29, 0.717) is 5.69 Å². The quantitative estimate of drug-likeness (QED) is 0.868. The molecule has 1 amide bonds. The van der Waals surface area contributed by atoms with Crippen molar-refractivity contribution >= 4 is 33.3 Å². The van der Waals surface area contributed by atoms with Crippen LogP contribution < -0.4 is 4.90 Å². The van der Waals surface area contributed by atoms with Gasteiger partial charge in [0, 0.05) is 29.0 Å². The molecule has 1 atom stereocenters. The summed E-state index contributed by atoms with van der Waals surface area (Å²) in [6.07, 6.45) is 3.41. The van der Waals surface area contributed by atoms with Gasteiger partial charge in [-0.05, 0) is 42.0 Å². The highest BCUT2D eigenvalue weighted by molar-refractivity contribution is 9.10. The first kappa shape index (κ1) is 16.4. The summed E-state index contributed by atoms with van der Waals surface area (Å²) in [5, 5.41) is 10.3. The Hall–Kier alpha value is -2.47. The van der Waals surface area contributed by atoms with Crippen molar-refractivity contribution in [3.8, 4) is 0 Å². The number of halogens is 1. The average molecular weight is 387 g/mol. The standard InChI is InChI=1S/C18H15BrN2O3/c1-2-14(22)15-16(11-7-9-20-10-8-11)21(18(24)17(15)23)13-5-3-12(19)4-6-13/h3-10,16,23H,2H2,1H3. The average Bonchev–Trinajstić information content (AvgIpc) is 2.87. The van der Waals surface area contributed by atoms with Gasteiger partial charge in [0.15, 0.2) is 11.5 Å². The zero-order chi connectivity index (χ0) is 17.3. The van der Waals surface area contributed by atoms with Crippen molar-refractivity contribution in [2.24, 2.45) is 0 Å². The Labute approximate surface area is 147 Å². The molecule has 1 aromatic heterocycles. The maximum absolute atomic E-state index is 12.6. The highest BCUT2D eigenvalue weighted by Gasteiger charge is 2.43. The van der Waals surface area contributed by atoms with Crippen molar-refractivity contribution < 1.29 is 14.7 Å². The number of benzene rings is 1. The Morgan fingerprint density at radius 3 is 2.42 bits per heavy atom.